The molecule has 1 aromatic rings. The smallest absolute Gasteiger partial charge is 0.328 e. The number of nitrogens with zero attached hydrogens (tertiary/aromatic N) is 2. The Bertz CT molecular complexity index is 410. The summed E-state index contributed by atoms with van der Waals surface area (Å²) in [6.07, 6.45) is 0.758. The molecule has 0 unspecified atom stereocenters. The van der Waals surface area contributed by atoms with E-state index in [1.54, 1.807) is 12.1 Å². The Balaban J connectivity index is 3.15. The molecule has 0 aliphatic heterocycles. The molecule has 0 radical (unpaired) electrons. The molecule has 0 amide bonds. The summed E-state index contributed by atoms with van der Waals surface area (Å²) < 4.78 is 5.20. The summed E-state index contributed by atoms with van der Waals surface area (Å²) in [5, 5.41) is 19.4. The van der Waals surface area contributed by atoms with E-state index < -0.39 is 4.92 Å². The van der Waals surface area contributed by atoms with Crippen LogP contribution < -0.4 is 4.74 Å². The van der Waals surface area contributed by atoms with Gasteiger partial charge in [0.05, 0.1) is 11.5 Å². The maximum Gasteiger partial charge on any atom is 0.328 e. The van der Waals surface area contributed by atoms with Crippen molar-refractivity contribution in [1.82, 2.24) is 0 Å². The predicted molar refractivity (Wildman–Crippen MR) is 53.6 cm³/mol. The first-order valence-corrected chi connectivity index (χ1v) is 4.51. The summed E-state index contributed by atoms with van der Waals surface area (Å²) in [5.74, 6) is 0.154. The second-order valence-electron chi connectivity index (χ2n) is 2.87. The van der Waals surface area contributed by atoms with Crippen LogP contribution in [-0.2, 0) is 0 Å². The standard InChI is InChI=1S/C10H10N2O3/c1-2-6-15-9-5-3-4-8(7-11)10(9)12(13)14/h3-5H,2,6H2,1H3. The van der Waals surface area contributed by atoms with E-state index in [0.717, 1.165) is 6.42 Å². The van der Waals surface area contributed by atoms with Crippen molar-refractivity contribution in [3.05, 3.63) is 33.9 Å². The van der Waals surface area contributed by atoms with Gasteiger partial charge in [0.15, 0.2) is 5.75 Å². The SMILES string of the molecule is CCCOc1cccc(C#N)c1[N+](=O)[O-]. The lowest BCUT2D eigenvalue weighted by Gasteiger charge is -2.05. The quantitative estimate of drug-likeness (QED) is 0.559. The molecule has 1 aromatic carbocycles. The van der Waals surface area contributed by atoms with Crippen molar-refractivity contribution in [2.45, 2.75) is 13.3 Å². The summed E-state index contributed by atoms with van der Waals surface area (Å²) in [6.45, 7) is 2.30. The van der Waals surface area contributed by atoms with Crippen LogP contribution in [0.25, 0.3) is 0 Å². The first-order valence-electron chi connectivity index (χ1n) is 4.51. The van der Waals surface area contributed by atoms with Crippen molar-refractivity contribution >= 4 is 5.69 Å². The highest BCUT2D eigenvalue weighted by molar-refractivity contribution is 5.57. The third-order valence-corrected chi connectivity index (χ3v) is 1.76. The monoisotopic (exact) mass is 206 g/mol. The number of benzene rings is 1. The van der Waals surface area contributed by atoms with Crippen LogP contribution in [0, 0.1) is 21.4 Å². The molecule has 0 bridgehead atoms. The first kappa shape index (κ1) is 11.0. The summed E-state index contributed by atoms with van der Waals surface area (Å²) in [6, 6.07) is 6.23. The predicted octanol–water partition coefficient (Wildman–Crippen LogP) is 2.26. The Kier molecular flexibility index (Phi) is 3.63. The van der Waals surface area contributed by atoms with E-state index in [1.165, 1.54) is 12.1 Å². The minimum absolute atomic E-state index is 0.0219. The van der Waals surface area contributed by atoms with Crippen molar-refractivity contribution in [3.8, 4) is 11.8 Å². The zero-order valence-corrected chi connectivity index (χ0v) is 8.27. The van der Waals surface area contributed by atoms with Gasteiger partial charge < -0.3 is 4.74 Å². The van der Waals surface area contributed by atoms with E-state index in [-0.39, 0.29) is 17.0 Å². The molecule has 0 saturated carbocycles. The molecular formula is C10H10N2O3. The summed E-state index contributed by atoms with van der Waals surface area (Å²) in [5.41, 5.74) is -0.234. The van der Waals surface area contributed by atoms with Crippen LogP contribution in [0.1, 0.15) is 18.9 Å². The molecular weight excluding hydrogens is 196 g/mol. The van der Waals surface area contributed by atoms with Gasteiger partial charge in [0.1, 0.15) is 11.6 Å². The number of nitro groups is 1. The molecule has 0 aliphatic rings. The van der Waals surface area contributed by atoms with E-state index in [9.17, 15) is 10.1 Å². The second-order valence-corrected chi connectivity index (χ2v) is 2.87. The van der Waals surface area contributed by atoms with Crippen LogP contribution in [0.4, 0.5) is 5.69 Å². The van der Waals surface area contributed by atoms with Crippen molar-refractivity contribution < 1.29 is 9.66 Å². The van der Waals surface area contributed by atoms with E-state index in [2.05, 4.69) is 0 Å². The highest BCUT2D eigenvalue weighted by Gasteiger charge is 2.20. The summed E-state index contributed by atoms with van der Waals surface area (Å²) in [4.78, 5) is 10.1. The summed E-state index contributed by atoms with van der Waals surface area (Å²) in [7, 11) is 0. The topological polar surface area (TPSA) is 76.2 Å². The van der Waals surface area contributed by atoms with Crippen LogP contribution in [0.5, 0.6) is 5.75 Å². The van der Waals surface area contributed by atoms with Gasteiger partial charge in [0.2, 0.25) is 0 Å². The Hall–Kier alpha value is -2.09. The van der Waals surface area contributed by atoms with Crippen molar-refractivity contribution in [3.63, 3.8) is 0 Å². The third kappa shape index (κ3) is 2.44. The zero-order chi connectivity index (χ0) is 11.3. The van der Waals surface area contributed by atoms with Gasteiger partial charge in [-0.05, 0) is 18.6 Å². The first-order chi connectivity index (χ1) is 7.20. The van der Waals surface area contributed by atoms with Gasteiger partial charge in [-0.2, -0.15) is 5.26 Å². The maximum absolute atomic E-state index is 10.7. The van der Waals surface area contributed by atoms with Crippen LogP contribution in [-0.4, -0.2) is 11.5 Å². The zero-order valence-electron chi connectivity index (χ0n) is 8.27. The van der Waals surface area contributed by atoms with Crippen LogP contribution in [0.3, 0.4) is 0 Å². The largest absolute Gasteiger partial charge is 0.487 e. The molecule has 5 heteroatoms. The molecule has 0 saturated heterocycles. The van der Waals surface area contributed by atoms with Crippen molar-refractivity contribution in [2.24, 2.45) is 0 Å². The Morgan fingerprint density at radius 3 is 2.87 bits per heavy atom. The minimum atomic E-state index is -0.594. The molecule has 78 valence electrons. The van der Waals surface area contributed by atoms with E-state index in [1.807, 2.05) is 6.92 Å². The number of hydrogen-bond acceptors (Lipinski definition) is 4. The molecule has 0 fully saturated rings. The lowest BCUT2D eigenvalue weighted by molar-refractivity contribution is -0.386. The normalized spacial score (nSPS) is 9.33. The fourth-order valence-electron chi connectivity index (χ4n) is 1.13. The summed E-state index contributed by atoms with van der Waals surface area (Å²) >= 11 is 0. The maximum atomic E-state index is 10.7. The molecule has 5 nitrogen and oxygen atoms in total. The molecule has 0 aromatic heterocycles. The fourth-order valence-corrected chi connectivity index (χ4v) is 1.13. The lowest BCUT2D eigenvalue weighted by atomic mass is 10.2. The molecule has 1 rings (SSSR count). The number of para-hydroxylation sites is 1. The van der Waals surface area contributed by atoms with Crippen molar-refractivity contribution in [2.75, 3.05) is 6.61 Å². The van der Waals surface area contributed by atoms with E-state index in [0.29, 0.717) is 6.61 Å². The van der Waals surface area contributed by atoms with Gasteiger partial charge in [0.25, 0.3) is 0 Å². The number of hydrogen-bond donors (Lipinski definition) is 0. The molecule has 0 aliphatic carbocycles. The minimum Gasteiger partial charge on any atom is -0.487 e. The van der Waals surface area contributed by atoms with Crippen LogP contribution >= 0.6 is 0 Å². The number of nitro benzene ring substituents is 1. The molecule has 0 heterocycles. The average molecular weight is 206 g/mol. The molecule has 0 N–H and O–H groups in total. The van der Waals surface area contributed by atoms with Gasteiger partial charge >= 0.3 is 5.69 Å². The Morgan fingerprint density at radius 1 is 1.60 bits per heavy atom. The molecule has 0 atom stereocenters. The van der Waals surface area contributed by atoms with Gasteiger partial charge in [-0.15, -0.1) is 0 Å². The average Bonchev–Trinajstić information content (AvgIpc) is 2.25. The highest BCUT2D eigenvalue weighted by Crippen LogP contribution is 2.30. The number of nitriles is 1. The fraction of sp³-hybridized carbons (Fsp3) is 0.300. The van der Waals surface area contributed by atoms with Gasteiger partial charge in [-0.3, -0.25) is 10.1 Å². The van der Waals surface area contributed by atoms with Crippen LogP contribution in [0.15, 0.2) is 18.2 Å². The Labute approximate surface area is 87.1 Å². The van der Waals surface area contributed by atoms with Gasteiger partial charge in [-0.25, -0.2) is 0 Å². The van der Waals surface area contributed by atoms with Gasteiger partial charge in [0, 0.05) is 0 Å². The van der Waals surface area contributed by atoms with E-state index in [4.69, 9.17) is 10.00 Å². The van der Waals surface area contributed by atoms with E-state index >= 15 is 0 Å². The van der Waals surface area contributed by atoms with Gasteiger partial charge in [-0.1, -0.05) is 13.0 Å². The highest BCUT2D eigenvalue weighted by atomic mass is 16.6. The van der Waals surface area contributed by atoms with Crippen molar-refractivity contribution in [1.29, 1.82) is 5.26 Å². The molecule has 0 spiro atoms. The van der Waals surface area contributed by atoms with Crippen LogP contribution in [0.2, 0.25) is 0 Å². The third-order valence-electron chi connectivity index (χ3n) is 1.76. The Morgan fingerprint density at radius 2 is 2.33 bits per heavy atom. The number of rotatable bonds is 4. The lowest BCUT2D eigenvalue weighted by Crippen LogP contribution is -2.01. The molecule has 15 heavy (non-hydrogen) atoms. The number of ether oxygens (including phenoxy) is 1. The second kappa shape index (κ2) is 4.96.